The first-order valence-electron chi connectivity index (χ1n) is 13.4. The van der Waals surface area contributed by atoms with E-state index in [0.717, 1.165) is 61.6 Å². The van der Waals surface area contributed by atoms with Crippen LogP contribution < -0.4 is 0 Å². The summed E-state index contributed by atoms with van der Waals surface area (Å²) >= 11 is 0. The second kappa shape index (κ2) is 8.79. The molecule has 0 saturated heterocycles. The Balaban J connectivity index is 1.46. The minimum absolute atomic E-state index is 0.201. The van der Waals surface area contributed by atoms with Crippen LogP contribution in [-0.4, -0.2) is 12.1 Å². The molecule has 9 atom stereocenters. The zero-order valence-electron chi connectivity index (χ0n) is 20.8. The van der Waals surface area contributed by atoms with Crippen molar-refractivity contribution in [1.82, 2.24) is 0 Å². The molecule has 0 aromatic carbocycles. The molecule has 0 aliphatic heterocycles. The molecule has 3 saturated carbocycles. The van der Waals surface area contributed by atoms with Gasteiger partial charge in [0.05, 0.1) is 0 Å². The number of carbonyl (C=O) groups excluding carboxylic acids is 2. The lowest BCUT2D eigenvalue weighted by Crippen LogP contribution is -2.51. The van der Waals surface area contributed by atoms with E-state index in [2.05, 4.69) is 34.6 Å². The van der Waals surface area contributed by atoms with Gasteiger partial charge >= 0.3 is 0 Å². The van der Waals surface area contributed by atoms with Crippen LogP contribution in [-0.2, 0) is 9.59 Å². The fourth-order valence-electron chi connectivity index (χ4n) is 9.16. The van der Waals surface area contributed by atoms with Crippen molar-refractivity contribution in [2.24, 2.45) is 52.3 Å². The van der Waals surface area contributed by atoms with Crippen LogP contribution in [0.5, 0.6) is 0 Å². The molecule has 0 heterocycles. The Morgan fingerprint density at radius 3 is 2.52 bits per heavy atom. The Morgan fingerprint density at radius 1 is 1.03 bits per heavy atom. The van der Waals surface area contributed by atoms with E-state index in [1.54, 1.807) is 0 Å². The molecule has 0 amide bonds. The zero-order valence-corrected chi connectivity index (χ0v) is 20.8. The van der Waals surface area contributed by atoms with E-state index in [-0.39, 0.29) is 5.92 Å². The first kappa shape index (κ1) is 23.2. The lowest BCUT2D eigenvalue weighted by molar-refractivity contribution is -0.117. The number of aldehydes is 1. The second-order valence-corrected chi connectivity index (χ2v) is 12.4. The van der Waals surface area contributed by atoms with Crippen molar-refractivity contribution in [3.63, 3.8) is 0 Å². The number of hydrogen-bond acceptors (Lipinski definition) is 2. The maximum Gasteiger partial charge on any atom is 0.155 e. The van der Waals surface area contributed by atoms with Crippen LogP contribution in [0.1, 0.15) is 105 Å². The molecule has 2 heteroatoms. The van der Waals surface area contributed by atoms with Gasteiger partial charge in [-0.05, 0) is 104 Å². The Labute approximate surface area is 191 Å². The molecule has 0 bridgehead atoms. The van der Waals surface area contributed by atoms with Crippen molar-refractivity contribution < 1.29 is 9.59 Å². The number of rotatable bonds is 7. The molecule has 0 spiro atoms. The zero-order chi connectivity index (χ0) is 22.4. The summed E-state index contributed by atoms with van der Waals surface area (Å²) < 4.78 is 0. The fourth-order valence-corrected chi connectivity index (χ4v) is 9.16. The summed E-state index contributed by atoms with van der Waals surface area (Å²) in [5, 5.41) is 0. The molecule has 1 unspecified atom stereocenters. The quantitative estimate of drug-likeness (QED) is 0.397. The third-order valence-corrected chi connectivity index (χ3v) is 11.2. The minimum Gasteiger partial charge on any atom is -0.303 e. The third kappa shape index (κ3) is 3.89. The van der Waals surface area contributed by atoms with E-state index in [1.807, 2.05) is 6.08 Å². The van der Waals surface area contributed by atoms with Gasteiger partial charge in [0.1, 0.15) is 6.29 Å². The smallest absolute Gasteiger partial charge is 0.155 e. The topological polar surface area (TPSA) is 34.1 Å². The maximum absolute atomic E-state index is 12.1. The van der Waals surface area contributed by atoms with E-state index in [1.165, 1.54) is 50.5 Å². The molecule has 2 nitrogen and oxygen atoms in total. The number of hydrogen-bond donors (Lipinski definition) is 0. The van der Waals surface area contributed by atoms with Crippen LogP contribution in [0.4, 0.5) is 0 Å². The van der Waals surface area contributed by atoms with Crippen LogP contribution in [0.25, 0.3) is 0 Å². The van der Waals surface area contributed by atoms with E-state index in [4.69, 9.17) is 0 Å². The van der Waals surface area contributed by atoms with Gasteiger partial charge in [0.15, 0.2) is 5.78 Å². The normalized spacial score (nSPS) is 42.6. The van der Waals surface area contributed by atoms with Crippen LogP contribution >= 0.6 is 0 Å². The summed E-state index contributed by atoms with van der Waals surface area (Å²) in [5.41, 5.74) is 2.29. The Kier molecular flexibility index (Phi) is 6.59. The Hall–Kier alpha value is -0.920. The second-order valence-electron chi connectivity index (χ2n) is 12.4. The Morgan fingerprint density at radius 2 is 1.81 bits per heavy atom. The first-order chi connectivity index (χ1) is 14.7. The van der Waals surface area contributed by atoms with Gasteiger partial charge in [0.2, 0.25) is 0 Å². The molecule has 3 fully saturated rings. The molecular formula is C29H46O2. The van der Waals surface area contributed by atoms with Gasteiger partial charge in [-0.3, -0.25) is 4.79 Å². The molecule has 0 aromatic rings. The minimum atomic E-state index is 0.201. The van der Waals surface area contributed by atoms with E-state index < -0.39 is 0 Å². The van der Waals surface area contributed by atoms with Gasteiger partial charge in [-0.1, -0.05) is 53.0 Å². The van der Waals surface area contributed by atoms with E-state index in [9.17, 15) is 9.59 Å². The lowest BCUT2D eigenvalue weighted by Gasteiger charge is -2.58. The van der Waals surface area contributed by atoms with Crippen molar-refractivity contribution in [2.45, 2.75) is 105 Å². The highest BCUT2D eigenvalue weighted by molar-refractivity contribution is 5.91. The number of fused-ring (bicyclic) bond motifs is 5. The van der Waals surface area contributed by atoms with E-state index in [0.29, 0.717) is 22.5 Å². The summed E-state index contributed by atoms with van der Waals surface area (Å²) in [6, 6.07) is 0. The van der Waals surface area contributed by atoms with Crippen molar-refractivity contribution in [3.8, 4) is 0 Å². The number of allylic oxidation sites excluding steroid dienone is 1. The first-order valence-corrected chi connectivity index (χ1v) is 13.4. The summed E-state index contributed by atoms with van der Waals surface area (Å²) in [6.07, 6.45) is 16.7. The van der Waals surface area contributed by atoms with Crippen molar-refractivity contribution in [2.75, 3.05) is 0 Å². The van der Waals surface area contributed by atoms with Gasteiger partial charge < -0.3 is 4.79 Å². The summed E-state index contributed by atoms with van der Waals surface area (Å²) in [7, 11) is 0. The van der Waals surface area contributed by atoms with Crippen molar-refractivity contribution in [1.29, 1.82) is 0 Å². The molecular weight excluding hydrogens is 380 g/mol. The Bertz CT molecular complexity index is 722. The van der Waals surface area contributed by atoms with Crippen molar-refractivity contribution >= 4 is 12.1 Å². The largest absolute Gasteiger partial charge is 0.303 e. The average Bonchev–Trinajstić information content (AvgIpc) is 3.11. The van der Waals surface area contributed by atoms with Gasteiger partial charge in [-0.25, -0.2) is 0 Å². The standard InChI is InChI=1S/C29H46O2/c1-6-21(20(3)18-30)8-7-19(2)25-11-12-26-24-10-9-22-17-23(31)13-15-28(22,4)27(24)14-16-29(25,26)5/h17-21,24-27H,6-16H2,1-5H3/t19-,20?,21-,24+,25-,26+,27+,28+,29-/m1/s1. The molecule has 0 aromatic heterocycles. The summed E-state index contributed by atoms with van der Waals surface area (Å²) in [5.74, 6) is 5.28. The predicted molar refractivity (Wildman–Crippen MR) is 128 cm³/mol. The lowest BCUT2D eigenvalue weighted by atomic mass is 9.46. The van der Waals surface area contributed by atoms with Crippen LogP contribution in [0, 0.1) is 52.3 Å². The van der Waals surface area contributed by atoms with Gasteiger partial charge in [0, 0.05) is 12.3 Å². The third-order valence-electron chi connectivity index (χ3n) is 11.2. The van der Waals surface area contributed by atoms with Crippen LogP contribution in [0.2, 0.25) is 0 Å². The number of ketones is 1. The molecule has 4 aliphatic rings. The molecule has 4 rings (SSSR count). The predicted octanol–water partition coefficient (Wildman–Crippen LogP) is 7.41. The highest BCUT2D eigenvalue weighted by atomic mass is 16.1. The average molecular weight is 427 g/mol. The molecule has 4 aliphatic carbocycles. The monoisotopic (exact) mass is 426 g/mol. The van der Waals surface area contributed by atoms with E-state index >= 15 is 0 Å². The van der Waals surface area contributed by atoms with Crippen LogP contribution in [0.15, 0.2) is 11.6 Å². The number of carbonyl (C=O) groups is 2. The van der Waals surface area contributed by atoms with Gasteiger partial charge in [0.25, 0.3) is 0 Å². The molecule has 31 heavy (non-hydrogen) atoms. The molecule has 174 valence electrons. The maximum atomic E-state index is 12.1. The van der Waals surface area contributed by atoms with Crippen LogP contribution in [0.3, 0.4) is 0 Å². The summed E-state index contributed by atoms with van der Waals surface area (Å²) in [6.45, 7) is 12.0. The SMILES string of the molecule is CC[C@H](CC[C@@H](C)[C@H]1CC[C@H]2[C@@H]3CCC4=CC(=O)CC[C@]4(C)[C@H]3CC[C@]12C)C(C)C=O. The summed E-state index contributed by atoms with van der Waals surface area (Å²) in [4.78, 5) is 23.4. The van der Waals surface area contributed by atoms with Crippen molar-refractivity contribution in [3.05, 3.63) is 11.6 Å². The highest BCUT2D eigenvalue weighted by Crippen LogP contribution is 2.67. The molecule has 0 N–H and O–H groups in total. The highest BCUT2D eigenvalue weighted by Gasteiger charge is 2.59. The van der Waals surface area contributed by atoms with Gasteiger partial charge in [-0.15, -0.1) is 0 Å². The van der Waals surface area contributed by atoms with Gasteiger partial charge in [-0.2, -0.15) is 0 Å². The fraction of sp³-hybridized carbons (Fsp3) is 0.862. The molecule has 0 radical (unpaired) electrons.